The van der Waals surface area contributed by atoms with Gasteiger partial charge in [0.15, 0.2) is 17.5 Å². The summed E-state index contributed by atoms with van der Waals surface area (Å²) in [6, 6.07) is 8.93. The number of hydrogen-bond acceptors (Lipinski definition) is 3. The molecule has 3 rings (SSSR count). The van der Waals surface area contributed by atoms with Gasteiger partial charge in [0.25, 0.3) is 5.91 Å². The lowest BCUT2D eigenvalue weighted by atomic mass is 10.1. The molecule has 0 spiro atoms. The van der Waals surface area contributed by atoms with Crippen molar-refractivity contribution >= 4 is 17.7 Å². The number of rotatable bonds is 3. The molecular weight excluding hydrogens is 339 g/mol. The minimum atomic E-state index is -1.63. The highest BCUT2D eigenvalue weighted by molar-refractivity contribution is 7.99. The van der Waals surface area contributed by atoms with Crippen LogP contribution >= 0.6 is 11.8 Å². The summed E-state index contributed by atoms with van der Waals surface area (Å²) in [5, 5.41) is -0.309. The minimum absolute atomic E-state index is 0.309. The van der Waals surface area contributed by atoms with E-state index in [2.05, 4.69) is 0 Å². The lowest BCUT2D eigenvalue weighted by Gasteiger charge is -2.24. The van der Waals surface area contributed by atoms with E-state index in [9.17, 15) is 18.0 Å². The SMILES string of the molecule is COc1ccc(C2SCCN2C(=O)c2ccc(F)c(F)c2F)cc1. The Kier molecular flexibility index (Phi) is 4.71. The number of hydrogen-bond donors (Lipinski definition) is 0. The van der Waals surface area contributed by atoms with E-state index in [0.717, 1.165) is 17.7 Å². The Hall–Kier alpha value is -2.15. The largest absolute Gasteiger partial charge is 0.497 e. The maximum Gasteiger partial charge on any atom is 0.258 e. The van der Waals surface area contributed by atoms with Gasteiger partial charge in [0.05, 0.1) is 12.7 Å². The molecule has 0 bridgehead atoms. The van der Waals surface area contributed by atoms with E-state index in [4.69, 9.17) is 4.74 Å². The molecule has 1 aliphatic rings. The van der Waals surface area contributed by atoms with Gasteiger partial charge in [0.2, 0.25) is 0 Å². The highest BCUT2D eigenvalue weighted by atomic mass is 32.2. The molecule has 24 heavy (non-hydrogen) atoms. The lowest BCUT2D eigenvalue weighted by Crippen LogP contribution is -2.31. The summed E-state index contributed by atoms with van der Waals surface area (Å²) in [4.78, 5) is 14.1. The van der Waals surface area contributed by atoms with Crippen LogP contribution < -0.4 is 4.74 Å². The van der Waals surface area contributed by atoms with Crippen LogP contribution in [0.1, 0.15) is 21.3 Å². The number of amides is 1. The zero-order valence-corrected chi connectivity index (χ0v) is 13.6. The average molecular weight is 353 g/mol. The summed E-state index contributed by atoms with van der Waals surface area (Å²) in [5.41, 5.74) is 0.393. The van der Waals surface area contributed by atoms with Crippen molar-refractivity contribution in [2.75, 3.05) is 19.4 Å². The molecule has 1 amide bonds. The average Bonchev–Trinajstić information content (AvgIpc) is 3.09. The Labute approximate surface area is 141 Å². The molecule has 126 valence electrons. The van der Waals surface area contributed by atoms with Crippen LogP contribution in [0.25, 0.3) is 0 Å². The molecule has 0 aliphatic carbocycles. The van der Waals surface area contributed by atoms with Crippen LogP contribution in [0.4, 0.5) is 13.2 Å². The van der Waals surface area contributed by atoms with Crippen molar-refractivity contribution in [2.45, 2.75) is 5.37 Å². The Morgan fingerprint density at radius 3 is 2.50 bits per heavy atom. The first-order valence-corrected chi connectivity index (χ1v) is 8.28. The minimum Gasteiger partial charge on any atom is -0.497 e. The second-order valence-electron chi connectivity index (χ2n) is 5.22. The van der Waals surface area contributed by atoms with Crippen LogP contribution in [0, 0.1) is 17.5 Å². The number of thioether (sulfide) groups is 1. The van der Waals surface area contributed by atoms with Crippen LogP contribution in [-0.4, -0.2) is 30.2 Å². The number of benzene rings is 2. The highest BCUT2D eigenvalue weighted by Gasteiger charge is 2.33. The molecule has 1 saturated heterocycles. The predicted molar refractivity (Wildman–Crippen MR) is 85.5 cm³/mol. The van der Waals surface area contributed by atoms with Crippen LogP contribution in [0.5, 0.6) is 5.75 Å². The Balaban J connectivity index is 1.90. The molecule has 3 nitrogen and oxygen atoms in total. The van der Waals surface area contributed by atoms with Gasteiger partial charge in [-0.1, -0.05) is 12.1 Å². The maximum absolute atomic E-state index is 13.9. The summed E-state index contributed by atoms with van der Waals surface area (Å²) >= 11 is 1.53. The van der Waals surface area contributed by atoms with Crippen LogP contribution in [0.3, 0.4) is 0 Å². The van der Waals surface area contributed by atoms with Crippen molar-refractivity contribution in [1.29, 1.82) is 0 Å². The molecule has 7 heteroatoms. The maximum atomic E-state index is 13.9. The van der Waals surface area contributed by atoms with Crippen LogP contribution in [-0.2, 0) is 0 Å². The monoisotopic (exact) mass is 353 g/mol. The Morgan fingerprint density at radius 2 is 1.83 bits per heavy atom. The Bertz CT molecular complexity index is 767. The zero-order valence-electron chi connectivity index (χ0n) is 12.8. The smallest absolute Gasteiger partial charge is 0.258 e. The molecule has 0 radical (unpaired) electrons. The summed E-state index contributed by atoms with van der Waals surface area (Å²) in [6.45, 7) is 0.401. The van der Waals surface area contributed by atoms with Gasteiger partial charge < -0.3 is 9.64 Å². The van der Waals surface area contributed by atoms with Crippen molar-refractivity contribution in [2.24, 2.45) is 0 Å². The van der Waals surface area contributed by atoms with E-state index in [-0.39, 0.29) is 5.37 Å². The van der Waals surface area contributed by atoms with Gasteiger partial charge >= 0.3 is 0 Å². The van der Waals surface area contributed by atoms with Crippen molar-refractivity contribution in [3.05, 3.63) is 65.0 Å². The summed E-state index contributed by atoms with van der Waals surface area (Å²) < 4.78 is 45.5. The summed E-state index contributed by atoms with van der Waals surface area (Å²) in [7, 11) is 1.56. The number of halogens is 3. The first kappa shape index (κ1) is 16.7. The van der Waals surface area contributed by atoms with E-state index < -0.39 is 28.9 Å². The van der Waals surface area contributed by atoms with Gasteiger partial charge in [-0.05, 0) is 29.8 Å². The molecule has 0 N–H and O–H groups in total. The van der Waals surface area contributed by atoms with Gasteiger partial charge in [-0.15, -0.1) is 11.8 Å². The van der Waals surface area contributed by atoms with Crippen molar-refractivity contribution in [3.8, 4) is 5.75 Å². The molecule has 1 heterocycles. The van der Waals surface area contributed by atoms with Gasteiger partial charge in [-0.25, -0.2) is 13.2 Å². The van der Waals surface area contributed by atoms with E-state index in [1.165, 1.54) is 16.7 Å². The summed E-state index contributed by atoms with van der Waals surface area (Å²) in [5.74, 6) is -3.69. The van der Waals surface area contributed by atoms with E-state index in [1.54, 1.807) is 19.2 Å². The molecule has 1 fully saturated rings. The number of carbonyl (C=O) groups is 1. The first-order valence-electron chi connectivity index (χ1n) is 7.23. The van der Waals surface area contributed by atoms with Crippen molar-refractivity contribution in [1.82, 2.24) is 4.90 Å². The van der Waals surface area contributed by atoms with Crippen LogP contribution in [0.15, 0.2) is 36.4 Å². The third kappa shape index (κ3) is 2.96. The van der Waals surface area contributed by atoms with Crippen molar-refractivity contribution < 1.29 is 22.7 Å². The first-order chi connectivity index (χ1) is 11.5. The molecule has 0 aromatic heterocycles. The van der Waals surface area contributed by atoms with Gasteiger partial charge in [-0.3, -0.25) is 4.79 Å². The standard InChI is InChI=1S/C17H14F3NO2S/c1-23-11-4-2-10(3-5-11)17-21(8-9-24-17)16(22)12-6-7-13(18)15(20)14(12)19/h2-7,17H,8-9H2,1H3. The second kappa shape index (κ2) is 6.76. The van der Waals surface area contributed by atoms with Gasteiger partial charge in [0, 0.05) is 12.3 Å². The molecule has 2 aromatic carbocycles. The zero-order chi connectivity index (χ0) is 17.3. The molecule has 1 atom stereocenters. The number of ether oxygens (including phenoxy) is 1. The quantitative estimate of drug-likeness (QED) is 0.781. The van der Waals surface area contributed by atoms with E-state index in [0.29, 0.717) is 18.0 Å². The Morgan fingerprint density at radius 1 is 1.12 bits per heavy atom. The molecule has 1 aliphatic heterocycles. The van der Waals surface area contributed by atoms with E-state index in [1.807, 2.05) is 12.1 Å². The topological polar surface area (TPSA) is 29.5 Å². The van der Waals surface area contributed by atoms with Gasteiger partial charge in [0.1, 0.15) is 11.1 Å². The third-order valence-electron chi connectivity index (χ3n) is 3.82. The summed E-state index contributed by atoms with van der Waals surface area (Å²) in [6.07, 6.45) is 0. The molecule has 0 saturated carbocycles. The fraction of sp³-hybridized carbons (Fsp3) is 0.235. The number of nitrogens with zero attached hydrogens (tertiary/aromatic N) is 1. The normalized spacial score (nSPS) is 17.2. The predicted octanol–water partition coefficient (Wildman–Crippen LogP) is 4.00. The highest BCUT2D eigenvalue weighted by Crippen LogP contribution is 2.39. The second-order valence-corrected chi connectivity index (χ2v) is 6.41. The lowest BCUT2D eigenvalue weighted by molar-refractivity contribution is 0.0754. The number of carbonyl (C=O) groups excluding carboxylic acids is 1. The third-order valence-corrected chi connectivity index (χ3v) is 5.08. The van der Waals surface area contributed by atoms with Crippen LogP contribution in [0.2, 0.25) is 0 Å². The fourth-order valence-electron chi connectivity index (χ4n) is 2.57. The molecular formula is C17H14F3NO2S. The molecule has 2 aromatic rings. The van der Waals surface area contributed by atoms with Crippen molar-refractivity contribution in [3.63, 3.8) is 0 Å². The van der Waals surface area contributed by atoms with E-state index >= 15 is 0 Å². The molecule has 1 unspecified atom stereocenters. The number of methoxy groups -OCH3 is 1. The fourth-order valence-corrected chi connectivity index (χ4v) is 3.82. The van der Waals surface area contributed by atoms with Gasteiger partial charge in [-0.2, -0.15) is 0 Å².